The predicted molar refractivity (Wildman–Crippen MR) is 121 cm³/mol. The summed E-state index contributed by atoms with van der Waals surface area (Å²) >= 11 is 12.1. The van der Waals surface area contributed by atoms with Crippen LogP contribution in [0.5, 0.6) is 11.5 Å². The number of sulfonamides is 1. The van der Waals surface area contributed by atoms with Gasteiger partial charge in [0.2, 0.25) is 10.0 Å². The van der Waals surface area contributed by atoms with Crippen molar-refractivity contribution in [2.45, 2.75) is 10.9 Å². The first-order valence-electron chi connectivity index (χ1n) is 9.19. The molecule has 1 N–H and O–H groups in total. The first kappa shape index (κ1) is 22.6. The summed E-state index contributed by atoms with van der Waals surface area (Å²) in [5.74, 6) is 1.23. The van der Waals surface area contributed by atoms with E-state index >= 15 is 0 Å². The van der Waals surface area contributed by atoms with Gasteiger partial charge in [0.25, 0.3) is 0 Å². The third-order valence-electron chi connectivity index (χ3n) is 4.30. The summed E-state index contributed by atoms with van der Waals surface area (Å²) in [5, 5.41) is 0.792. The maximum atomic E-state index is 13.0. The van der Waals surface area contributed by atoms with Crippen molar-refractivity contribution in [3.8, 4) is 11.5 Å². The van der Waals surface area contributed by atoms with Gasteiger partial charge in [-0.1, -0.05) is 47.5 Å². The fraction of sp³-hybridized carbons (Fsp3) is 0.182. The molecule has 8 heteroatoms. The Morgan fingerprint density at radius 2 is 1.53 bits per heavy atom. The molecular weight excluding hydrogens is 443 g/mol. The van der Waals surface area contributed by atoms with E-state index in [9.17, 15) is 8.42 Å². The Bertz CT molecular complexity index is 1090. The molecule has 0 fully saturated rings. The van der Waals surface area contributed by atoms with Gasteiger partial charge in [-0.25, -0.2) is 13.1 Å². The monoisotopic (exact) mass is 464 g/mol. The average molecular weight is 465 g/mol. The molecule has 0 aliphatic heterocycles. The fourth-order valence-corrected chi connectivity index (χ4v) is 4.39. The van der Waals surface area contributed by atoms with Crippen molar-refractivity contribution in [2.75, 3.05) is 20.6 Å². The zero-order valence-electron chi connectivity index (χ0n) is 16.5. The maximum absolute atomic E-state index is 13.0. The number of hydrogen-bond donors (Lipinski definition) is 1. The third-order valence-corrected chi connectivity index (χ3v) is 6.53. The molecular formula is C22H22Cl2N2O3S. The lowest BCUT2D eigenvalue weighted by atomic mass is 10.1. The molecule has 3 rings (SSSR count). The van der Waals surface area contributed by atoms with Gasteiger partial charge >= 0.3 is 0 Å². The Morgan fingerprint density at radius 3 is 2.13 bits per heavy atom. The van der Waals surface area contributed by atoms with Gasteiger partial charge in [0.05, 0.1) is 21.0 Å². The standard InChI is InChI=1S/C22H22Cl2N2O3S/c1-26(2)15-22(16-8-13-20(23)21(24)14-16)25-30(27,28)19-11-9-18(10-12-19)29-17-6-4-3-5-7-17/h3-14,22,25H,15H2,1-2H3/t22-/m1/s1. The van der Waals surface area contributed by atoms with Crippen LogP contribution in [0.2, 0.25) is 10.0 Å². The molecule has 0 saturated carbocycles. The van der Waals surface area contributed by atoms with Crippen LogP contribution in [0.1, 0.15) is 11.6 Å². The molecule has 3 aromatic carbocycles. The van der Waals surface area contributed by atoms with Gasteiger partial charge in [-0.15, -0.1) is 0 Å². The van der Waals surface area contributed by atoms with Crippen LogP contribution in [0.3, 0.4) is 0 Å². The minimum Gasteiger partial charge on any atom is -0.457 e. The minimum absolute atomic E-state index is 0.145. The highest BCUT2D eigenvalue weighted by Crippen LogP contribution is 2.28. The van der Waals surface area contributed by atoms with E-state index in [1.165, 1.54) is 12.1 Å². The third kappa shape index (κ3) is 5.97. The van der Waals surface area contributed by atoms with E-state index < -0.39 is 16.1 Å². The Morgan fingerprint density at radius 1 is 0.900 bits per heavy atom. The van der Waals surface area contributed by atoms with Crippen LogP contribution in [-0.4, -0.2) is 34.0 Å². The number of hydrogen-bond acceptors (Lipinski definition) is 4. The molecule has 5 nitrogen and oxygen atoms in total. The SMILES string of the molecule is CN(C)C[C@@H](NS(=O)(=O)c1ccc(Oc2ccccc2)cc1)c1ccc(Cl)c(Cl)c1. The molecule has 0 bridgehead atoms. The van der Waals surface area contributed by atoms with Crippen molar-refractivity contribution in [3.05, 3.63) is 88.4 Å². The lowest BCUT2D eigenvalue weighted by Gasteiger charge is -2.23. The van der Waals surface area contributed by atoms with Crippen LogP contribution in [0.25, 0.3) is 0 Å². The molecule has 0 saturated heterocycles. The quantitative estimate of drug-likeness (QED) is 0.486. The minimum atomic E-state index is -3.77. The maximum Gasteiger partial charge on any atom is 0.241 e. The van der Waals surface area contributed by atoms with Crippen LogP contribution < -0.4 is 9.46 Å². The van der Waals surface area contributed by atoms with Gasteiger partial charge in [0.15, 0.2) is 0 Å². The summed E-state index contributed by atoms with van der Waals surface area (Å²) in [4.78, 5) is 2.04. The van der Waals surface area contributed by atoms with Crippen molar-refractivity contribution in [1.82, 2.24) is 9.62 Å². The number of nitrogens with zero attached hydrogens (tertiary/aromatic N) is 1. The molecule has 1 atom stereocenters. The van der Waals surface area contributed by atoms with Gasteiger partial charge in [0.1, 0.15) is 11.5 Å². The van der Waals surface area contributed by atoms with Crippen LogP contribution >= 0.6 is 23.2 Å². The molecule has 0 amide bonds. The molecule has 30 heavy (non-hydrogen) atoms. The second-order valence-corrected chi connectivity index (χ2v) is 9.52. The molecule has 0 aliphatic rings. The van der Waals surface area contributed by atoms with E-state index in [2.05, 4.69) is 4.72 Å². The largest absolute Gasteiger partial charge is 0.457 e. The van der Waals surface area contributed by atoms with Crippen molar-refractivity contribution >= 4 is 33.2 Å². The number of likely N-dealkylation sites (N-methyl/N-ethyl adjacent to an activating group) is 1. The number of ether oxygens (including phenoxy) is 1. The Balaban J connectivity index is 1.80. The lowest BCUT2D eigenvalue weighted by molar-refractivity contribution is 0.363. The smallest absolute Gasteiger partial charge is 0.241 e. The molecule has 158 valence electrons. The number of benzene rings is 3. The summed E-state index contributed by atoms with van der Waals surface area (Å²) < 4.78 is 34.5. The Hall–Kier alpha value is -2.09. The number of nitrogens with one attached hydrogen (secondary N) is 1. The number of para-hydroxylation sites is 1. The molecule has 0 aliphatic carbocycles. The van der Waals surface area contributed by atoms with Gasteiger partial charge in [-0.05, 0) is 68.2 Å². The summed E-state index contributed by atoms with van der Waals surface area (Å²) in [6, 6.07) is 20.2. The topological polar surface area (TPSA) is 58.6 Å². The van der Waals surface area contributed by atoms with E-state index in [-0.39, 0.29) is 4.90 Å². The average Bonchev–Trinajstić information content (AvgIpc) is 2.70. The van der Waals surface area contributed by atoms with Gasteiger partial charge in [-0.3, -0.25) is 0 Å². The van der Waals surface area contributed by atoms with E-state index in [1.807, 2.05) is 49.3 Å². The Kier molecular flexibility index (Phi) is 7.39. The molecule has 0 radical (unpaired) electrons. The van der Waals surface area contributed by atoms with Crippen molar-refractivity contribution < 1.29 is 13.2 Å². The molecule has 0 aromatic heterocycles. The Labute approximate surface area is 187 Å². The molecule has 0 heterocycles. The van der Waals surface area contributed by atoms with Gasteiger partial charge in [0, 0.05) is 6.54 Å². The highest BCUT2D eigenvalue weighted by Gasteiger charge is 2.23. The summed E-state index contributed by atoms with van der Waals surface area (Å²) in [7, 11) is -0.0350. The summed E-state index contributed by atoms with van der Waals surface area (Å²) in [5.41, 5.74) is 0.728. The zero-order valence-corrected chi connectivity index (χ0v) is 18.9. The zero-order chi connectivity index (χ0) is 21.7. The normalized spacial score (nSPS) is 12.7. The molecule has 3 aromatic rings. The highest BCUT2D eigenvalue weighted by atomic mass is 35.5. The van der Waals surface area contributed by atoms with Crippen LogP contribution in [0.15, 0.2) is 77.7 Å². The van der Waals surface area contributed by atoms with Crippen molar-refractivity contribution in [3.63, 3.8) is 0 Å². The number of rotatable bonds is 8. The van der Waals surface area contributed by atoms with E-state index in [0.717, 1.165) is 5.56 Å². The van der Waals surface area contributed by atoms with Crippen LogP contribution in [0.4, 0.5) is 0 Å². The van der Waals surface area contributed by atoms with E-state index in [0.29, 0.717) is 28.1 Å². The van der Waals surface area contributed by atoms with E-state index in [4.69, 9.17) is 27.9 Å². The van der Waals surface area contributed by atoms with Crippen LogP contribution in [-0.2, 0) is 10.0 Å². The molecule has 0 spiro atoms. The fourth-order valence-electron chi connectivity index (χ4n) is 2.87. The lowest BCUT2D eigenvalue weighted by Crippen LogP contribution is -2.35. The first-order valence-corrected chi connectivity index (χ1v) is 11.4. The second-order valence-electron chi connectivity index (χ2n) is 7.00. The van der Waals surface area contributed by atoms with Crippen LogP contribution in [0, 0.1) is 0 Å². The van der Waals surface area contributed by atoms with Gasteiger partial charge in [-0.2, -0.15) is 0 Å². The second kappa shape index (κ2) is 9.81. The summed E-state index contributed by atoms with van der Waals surface area (Å²) in [6.45, 7) is 0.451. The van der Waals surface area contributed by atoms with E-state index in [1.54, 1.807) is 30.3 Å². The van der Waals surface area contributed by atoms with Crippen molar-refractivity contribution in [2.24, 2.45) is 0 Å². The van der Waals surface area contributed by atoms with Gasteiger partial charge < -0.3 is 9.64 Å². The number of halogens is 2. The first-order chi connectivity index (χ1) is 14.2. The highest BCUT2D eigenvalue weighted by molar-refractivity contribution is 7.89. The van der Waals surface area contributed by atoms with Crippen molar-refractivity contribution in [1.29, 1.82) is 0 Å². The summed E-state index contributed by atoms with van der Waals surface area (Å²) in [6.07, 6.45) is 0. The molecule has 0 unspecified atom stereocenters. The predicted octanol–water partition coefficient (Wildman–Crippen LogP) is 5.37.